The summed E-state index contributed by atoms with van der Waals surface area (Å²) >= 11 is 0. The Hall–Kier alpha value is -4.14. The highest BCUT2D eigenvalue weighted by molar-refractivity contribution is 7.89. The number of primary amides is 1. The van der Waals surface area contributed by atoms with Gasteiger partial charge in [0.1, 0.15) is 18.0 Å². The van der Waals surface area contributed by atoms with Crippen LogP contribution in [0.5, 0.6) is 11.5 Å². The Morgan fingerprint density at radius 2 is 1.75 bits per heavy atom. The molecule has 1 aliphatic heterocycles. The van der Waals surface area contributed by atoms with Gasteiger partial charge in [-0.05, 0) is 60.9 Å². The van der Waals surface area contributed by atoms with Crippen molar-refractivity contribution in [3.63, 3.8) is 0 Å². The highest BCUT2D eigenvalue weighted by Crippen LogP contribution is 2.35. The molecular weight excluding hydrogens is 542 g/mol. The van der Waals surface area contributed by atoms with Crippen LogP contribution in [-0.4, -0.2) is 68.0 Å². The first-order chi connectivity index (χ1) is 19.2. The third-order valence-corrected chi connectivity index (χ3v) is 8.26. The van der Waals surface area contributed by atoms with Crippen molar-refractivity contribution in [1.29, 1.82) is 0 Å². The molecule has 14 heteroatoms. The molecule has 1 aromatic heterocycles. The molecular formula is C26H33N5O8S. The fourth-order valence-corrected chi connectivity index (χ4v) is 5.90. The maximum Gasteiger partial charge on any atom is 0.243 e. The predicted molar refractivity (Wildman–Crippen MR) is 145 cm³/mol. The molecule has 0 spiro atoms. The molecule has 40 heavy (non-hydrogen) atoms. The molecule has 0 bridgehead atoms. The molecule has 5 N–H and O–H groups in total. The number of aromatic nitrogens is 1. The molecule has 0 fully saturated rings. The van der Waals surface area contributed by atoms with E-state index in [1.807, 2.05) is 22.8 Å². The highest BCUT2D eigenvalue weighted by Gasteiger charge is 2.32. The van der Waals surface area contributed by atoms with Crippen LogP contribution in [0.25, 0.3) is 10.9 Å². The van der Waals surface area contributed by atoms with Crippen LogP contribution in [-0.2, 0) is 43.9 Å². The minimum absolute atomic E-state index is 0.0190. The van der Waals surface area contributed by atoms with Crippen molar-refractivity contribution in [3.05, 3.63) is 53.7 Å². The predicted octanol–water partition coefficient (Wildman–Crippen LogP) is 0.909. The van der Waals surface area contributed by atoms with Crippen molar-refractivity contribution < 1.29 is 37.5 Å². The highest BCUT2D eigenvalue weighted by atomic mass is 32.2. The van der Waals surface area contributed by atoms with Crippen LogP contribution in [0.15, 0.2) is 47.4 Å². The fraction of sp³-hybridized carbons (Fsp3) is 0.346. The molecule has 1 aliphatic rings. The molecule has 0 radical (unpaired) electrons. The first kappa shape index (κ1) is 30.4. The molecule has 0 unspecified atom stereocenters. The van der Waals surface area contributed by atoms with Crippen molar-refractivity contribution in [3.8, 4) is 11.5 Å². The number of methoxy groups -OCH3 is 2. The number of ether oxygens (including phenoxy) is 2. The zero-order chi connectivity index (χ0) is 29.3. The van der Waals surface area contributed by atoms with Crippen LogP contribution in [0.4, 0.5) is 0 Å². The van der Waals surface area contributed by atoms with Crippen LogP contribution < -0.4 is 26.0 Å². The number of carbonyl (C=O) groups excluding carboxylic acids is 3. The summed E-state index contributed by atoms with van der Waals surface area (Å²) in [4.78, 5) is 32.7. The monoisotopic (exact) mass is 575 g/mol. The Bertz CT molecular complexity index is 1450. The van der Waals surface area contributed by atoms with Gasteiger partial charge >= 0.3 is 0 Å². The lowest BCUT2D eigenvalue weighted by atomic mass is 10.0. The van der Waals surface area contributed by atoms with Crippen molar-refractivity contribution in [1.82, 2.24) is 19.7 Å². The topological polar surface area (TPSA) is 182 Å². The number of nitrogens with two attached hydrogens (primary N) is 1. The number of carbonyl (C=O) groups is 3. The number of hydrogen-bond donors (Lipinski definition) is 4. The molecule has 2 aromatic carbocycles. The molecule has 3 aromatic rings. The van der Waals surface area contributed by atoms with Gasteiger partial charge in [-0.25, -0.2) is 13.9 Å². The van der Waals surface area contributed by atoms with Crippen LogP contribution in [0.3, 0.4) is 0 Å². The van der Waals surface area contributed by atoms with E-state index in [0.717, 1.165) is 22.2 Å². The van der Waals surface area contributed by atoms with Crippen molar-refractivity contribution in [2.24, 2.45) is 5.73 Å². The molecule has 0 saturated heterocycles. The molecule has 0 saturated carbocycles. The summed E-state index contributed by atoms with van der Waals surface area (Å²) < 4.78 is 40.7. The quantitative estimate of drug-likeness (QED) is 0.113. The third kappa shape index (κ3) is 7.08. The normalized spacial score (nSPS) is 13.0. The molecule has 13 nitrogen and oxygen atoms in total. The van der Waals surface area contributed by atoms with Crippen molar-refractivity contribution in [2.45, 2.75) is 37.2 Å². The zero-order valence-corrected chi connectivity index (χ0v) is 23.1. The largest absolute Gasteiger partial charge is 0.497 e. The average Bonchev–Trinajstić information content (AvgIpc) is 3.27. The molecule has 4 rings (SSSR count). The van der Waals surface area contributed by atoms with E-state index >= 15 is 0 Å². The number of amides is 3. The Balaban J connectivity index is 0.00000103. The molecule has 216 valence electrons. The van der Waals surface area contributed by atoms with Crippen molar-refractivity contribution >= 4 is 39.2 Å². The van der Waals surface area contributed by atoms with Crippen LogP contribution in [0.2, 0.25) is 0 Å². The van der Waals surface area contributed by atoms with Gasteiger partial charge in [-0.3, -0.25) is 19.6 Å². The minimum atomic E-state index is -3.76. The number of rotatable bonds is 11. The maximum atomic E-state index is 13.4. The lowest BCUT2D eigenvalue weighted by molar-refractivity contribution is -0.122. The van der Waals surface area contributed by atoms with Gasteiger partial charge in [0, 0.05) is 36.1 Å². The summed E-state index contributed by atoms with van der Waals surface area (Å²) in [5.41, 5.74) is 9.02. The summed E-state index contributed by atoms with van der Waals surface area (Å²) in [6.07, 6.45) is 1.33. The summed E-state index contributed by atoms with van der Waals surface area (Å²) in [5, 5.41) is 11.0. The summed E-state index contributed by atoms with van der Waals surface area (Å²) in [6, 6.07) is 11.9. The Morgan fingerprint density at radius 3 is 2.35 bits per heavy atom. The number of nitrogens with one attached hydrogen (secondary N) is 2. The van der Waals surface area contributed by atoms with E-state index in [-0.39, 0.29) is 36.7 Å². The summed E-state index contributed by atoms with van der Waals surface area (Å²) in [6.45, 7) is 0.798. The van der Waals surface area contributed by atoms with E-state index in [1.165, 1.54) is 29.0 Å². The van der Waals surface area contributed by atoms with E-state index in [0.29, 0.717) is 37.4 Å². The van der Waals surface area contributed by atoms with Crippen molar-refractivity contribution in [2.75, 3.05) is 27.3 Å². The third-order valence-electron chi connectivity index (χ3n) is 6.40. The van der Waals surface area contributed by atoms with Gasteiger partial charge in [-0.1, -0.05) is 0 Å². The van der Waals surface area contributed by atoms with Crippen LogP contribution in [0.1, 0.15) is 24.1 Å². The van der Waals surface area contributed by atoms with Gasteiger partial charge in [-0.2, -0.15) is 4.31 Å². The molecule has 0 atom stereocenters. The zero-order valence-electron chi connectivity index (χ0n) is 22.3. The van der Waals surface area contributed by atoms with Gasteiger partial charge < -0.3 is 25.1 Å². The van der Waals surface area contributed by atoms with Gasteiger partial charge in [-0.15, -0.1) is 0 Å². The van der Waals surface area contributed by atoms with E-state index < -0.39 is 15.9 Å². The molecule has 0 aliphatic carbocycles. The average molecular weight is 576 g/mol. The van der Waals surface area contributed by atoms with Gasteiger partial charge in [0.15, 0.2) is 0 Å². The van der Waals surface area contributed by atoms with Gasteiger partial charge in [0.2, 0.25) is 28.2 Å². The number of hydrogen-bond acceptors (Lipinski definition) is 8. The standard InChI is InChI=1S/C25H30N4O6S.CH3NO2/c1-34-17-5-8-19(9-6-17)36(32,33)28-13-11-20-21-14-18(35-2)7-10-22(21)29(23(20)15-28)16-25(31)27-12-3-4-24(26)30;3-1-2-4/h5-10,14H,3-4,11-13,15-16H2,1-2H3,(H2,26,30)(H,27,31);1,4H,(H,2,3). The number of sulfonamides is 1. The second kappa shape index (κ2) is 13.8. The van der Waals surface area contributed by atoms with Crippen LogP contribution >= 0.6 is 0 Å². The molecule has 2 heterocycles. The number of fused-ring (bicyclic) bond motifs is 3. The number of nitrogens with zero attached hydrogens (tertiary/aromatic N) is 2. The lowest BCUT2D eigenvalue weighted by Crippen LogP contribution is -2.37. The Labute approximate surface area is 231 Å². The van der Waals surface area contributed by atoms with E-state index in [4.69, 9.17) is 25.2 Å². The van der Waals surface area contributed by atoms with Gasteiger partial charge in [0.05, 0.1) is 25.7 Å². The van der Waals surface area contributed by atoms with Gasteiger partial charge in [0.25, 0.3) is 0 Å². The minimum Gasteiger partial charge on any atom is -0.497 e. The fourth-order valence-electron chi connectivity index (χ4n) is 4.50. The smallest absolute Gasteiger partial charge is 0.243 e. The first-order valence-corrected chi connectivity index (χ1v) is 13.8. The summed E-state index contributed by atoms with van der Waals surface area (Å²) in [7, 11) is -0.640. The maximum absolute atomic E-state index is 13.4. The Kier molecular flexibility index (Phi) is 10.5. The van der Waals surface area contributed by atoms with E-state index in [2.05, 4.69) is 5.32 Å². The number of benzene rings is 2. The number of hydroxylamine groups is 1. The second-order valence-electron chi connectivity index (χ2n) is 8.83. The van der Waals surface area contributed by atoms with Crippen LogP contribution in [0, 0.1) is 0 Å². The Morgan fingerprint density at radius 1 is 1.10 bits per heavy atom. The lowest BCUT2D eigenvalue weighted by Gasteiger charge is -2.28. The molecule has 3 amide bonds. The first-order valence-electron chi connectivity index (χ1n) is 12.4. The second-order valence-corrected chi connectivity index (χ2v) is 10.8. The summed E-state index contributed by atoms with van der Waals surface area (Å²) in [5.74, 6) is 0.615. The van der Waals surface area contributed by atoms with E-state index in [9.17, 15) is 18.0 Å². The SMILES string of the molecule is COc1ccc(S(=O)(=O)N2CCc3c(n(CC(=O)NCCCC(N)=O)c4ccc(OC)cc34)C2)cc1.O=CNO. The van der Waals surface area contributed by atoms with E-state index in [1.54, 1.807) is 19.2 Å².